The molecule has 3 saturated heterocycles. The van der Waals surface area contributed by atoms with Crippen molar-refractivity contribution in [2.45, 2.75) is 46.5 Å². The van der Waals surface area contributed by atoms with E-state index >= 15 is 0 Å². The van der Waals surface area contributed by atoms with E-state index in [2.05, 4.69) is 70.6 Å². The number of halogens is 1. The fraction of sp³-hybridized carbons (Fsp3) is 0.262. The van der Waals surface area contributed by atoms with Gasteiger partial charge in [-0.3, -0.25) is 23.8 Å². The van der Waals surface area contributed by atoms with Crippen LogP contribution >= 0.6 is 22.9 Å². The van der Waals surface area contributed by atoms with E-state index in [9.17, 15) is 49.1 Å². The number of urea groups is 1. The normalized spacial score (nSPS) is 15.6. The average molecular weight is 1410 g/mol. The molecule has 0 aliphatic carbocycles. The standard InChI is InChI=1S/C23H25N5O3S2.C21H21FN6O3S.C21H22N4O4S2.5H2/c29-22(28-13-3-5-17-4-1-2-6-21(17)28)18-11-14-27(15-12-18)19-7-9-20(10-8-19)33(30,31)26-23-24-16-25-32-23;22-16-2-1-3-17(14-16)25-21(29)28-12-10-27(11-13-28)18-4-6-19(7-5-18)32(30,31)26-20-8-9-23-15-24-20;26-19(16-4-2-1-3-5-16)20(27)25-13-11-24(12-14-25)17-6-8-18(9-7-17)31(28,29)23-21-22-10-15-30-21;;;;;/h1-2,4,6-10,16,18H,3,5,11-15H2,(H,24,25,26);1-9,14-15H,10-13H2,(H,25,29)(H,23,24,26);1-10,15,19,26H,11-14H2,(H,22,23);5*1H/t;;19-;;;;;/m..1...../s1. The number of fused-ring (bicyclic) bond motifs is 1. The highest BCUT2D eigenvalue weighted by Crippen LogP contribution is 2.33. The molecular formula is C65H78FN15O10S5. The van der Waals surface area contributed by atoms with Gasteiger partial charge in [-0.05, 0) is 140 Å². The van der Waals surface area contributed by atoms with E-state index in [4.69, 9.17) is 0 Å². The van der Waals surface area contributed by atoms with Gasteiger partial charge >= 0.3 is 6.03 Å². The summed E-state index contributed by atoms with van der Waals surface area (Å²) in [5, 5.41) is 15.3. The number of aryl methyl sites for hydroxylation is 1. The van der Waals surface area contributed by atoms with Crippen molar-refractivity contribution in [3.05, 3.63) is 205 Å². The molecule has 25 nitrogen and oxygen atoms in total. The lowest BCUT2D eigenvalue weighted by Gasteiger charge is -2.37. The fourth-order valence-electron chi connectivity index (χ4n) is 11.3. The number of carbonyl (C=O) groups excluding carboxylic acids is 3. The number of sulfonamides is 3. The van der Waals surface area contributed by atoms with Crippen molar-refractivity contribution in [1.29, 1.82) is 0 Å². The van der Waals surface area contributed by atoms with Gasteiger partial charge in [-0.15, -0.1) is 11.3 Å². The van der Waals surface area contributed by atoms with E-state index in [1.165, 1.54) is 78.3 Å². The number of aromatic nitrogens is 5. The van der Waals surface area contributed by atoms with Gasteiger partial charge in [-0.1, -0.05) is 54.6 Å². The maximum Gasteiger partial charge on any atom is 0.321 e. The molecule has 13 rings (SSSR count). The zero-order valence-corrected chi connectivity index (χ0v) is 55.7. The summed E-state index contributed by atoms with van der Waals surface area (Å²) >= 11 is 2.20. The van der Waals surface area contributed by atoms with Gasteiger partial charge in [0.25, 0.3) is 36.0 Å². The lowest BCUT2D eigenvalue weighted by atomic mass is 9.93. The minimum Gasteiger partial charge on any atom is -0.378 e. The van der Waals surface area contributed by atoms with Crippen molar-refractivity contribution in [1.82, 2.24) is 34.1 Å². The number of hydrogen-bond acceptors (Lipinski definition) is 20. The van der Waals surface area contributed by atoms with Gasteiger partial charge in [0.05, 0.1) is 14.7 Å². The summed E-state index contributed by atoms with van der Waals surface area (Å²) in [5.74, 6) is -0.281. The SMILES string of the molecule is O=C(C1CCN(c2ccc(S(=O)(=O)Nc3ncns3)cc2)CC1)N1CCCc2ccccc21.O=C(Nc1cccc(F)c1)N1CCN(c2ccc(S(=O)(=O)Nc3ccncn3)cc2)CC1.O=C([C@H](O)c1ccccc1)N1CCN(c2ccc(S(=O)(=O)Nc3nccs3)cc2)CC1.[HH].[HH].[HH].[HH].[HH]. The van der Waals surface area contributed by atoms with Crippen molar-refractivity contribution >= 4 is 115 Å². The third-order valence-electron chi connectivity index (χ3n) is 16.4. The maximum atomic E-state index is 13.3. The number of aliphatic hydroxyl groups excluding tert-OH is 1. The highest BCUT2D eigenvalue weighted by molar-refractivity contribution is 7.93. The highest BCUT2D eigenvalue weighted by Gasteiger charge is 2.33. The predicted octanol–water partition coefficient (Wildman–Crippen LogP) is 9.86. The molecule has 0 unspecified atom stereocenters. The molecule has 0 spiro atoms. The molecule has 0 bridgehead atoms. The number of piperazine rings is 2. The number of piperidine rings is 1. The maximum absolute atomic E-state index is 13.3. The Morgan fingerprint density at radius 1 is 0.562 bits per heavy atom. The zero-order valence-electron chi connectivity index (χ0n) is 51.6. The summed E-state index contributed by atoms with van der Waals surface area (Å²) in [6, 6.07) is 44.0. The van der Waals surface area contributed by atoms with Crippen LogP contribution in [0.15, 0.2) is 203 Å². The Morgan fingerprint density at radius 3 is 1.68 bits per heavy atom. The molecule has 510 valence electrons. The number of nitrogens with one attached hydrogen (secondary N) is 4. The summed E-state index contributed by atoms with van der Waals surface area (Å²) in [5.41, 5.74) is 6.00. The second-order valence-corrected chi connectivity index (χ2v) is 29.2. The topological polar surface area (TPSA) is 306 Å². The first-order valence-corrected chi connectivity index (χ1v) is 36.7. The molecule has 96 heavy (non-hydrogen) atoms. The smallest absolute Gasteiger partial charge is 0.321 e. The first-order valence-electron chi connectivity index (χ1n) is 30.6. The molecule has 31 heteroatoms. The van der Waals surface area contributed by atoms with Crippen molar-refractivity contribution < 1.29 is 56.3 Å². The first-order chi connectivity index (χ1) is 46.4. The second kappa shape index (κ2) is 30.8. The van der Waals surface area contributed by atoms with E-state index in [1.54, 1.807) is 94.0 Å². The number of nitrogens with zero attached hydrogens (tertiary/aromatic N) is 11. The van der Waals surface area contributed by atoms with Gasteiger partial charge in [0, 0.05) is 143 Å². The van der Waals surface area contributed by atoms with Gasteiger partial charge in [-0.2, -0.15) is 4.37 Å². The Bertz CT molecular complexity index is 4450. The van der Waals surface area contributed by atoms with Crippen molar-refractivity contribution in [3.63, 3.8) is 0 Å². The van der Waals surface area contributed by atoms with Crippen LogP contribution in [0.1, 0.15) is 43.6 Å². The highest BCUT2D eigenvalue weighted by atomic mass is 32.2. The molecule has 3 fully saturated rings. The van der Waals surface area contributed by atoms with Crippen LogP contribution in [0.2, 0.25) is 0 Å². The predicted molar refractivity (Wildman–Crippen MR) is 378 cm³/mol. The molecule has 7 heterocycles. The lowest BCUT2D eigenvalue weighted by Crippen LogP contribution is -2.50. The van der Waals surface area contributed by atoms with Gasteiger partial charge in [0.2, 0.25) is 11.0 Å². The molecule has 0 radical (unpaired) electrons. The van der Waals surface area contributed by atoms with Gasteiger partial charge < -0.3 is 39.8 Å². The Hall–Kier alpha value is -9.66. The molecule has 9 aromatic rings. The minimum atomic E-state index is -3.76. The van der Waals surface area contributed by atoms with E-state index in [1.807, 2.05) is 35.2 Å². The number of aliphatic hydroxyl groups is 1. The number of rotatable bonds is 16. The third kappa shape index (κ3) is 17.2. The largest absolute Gasteiger partial charge is 0.378 e. The van der Waals surface area contributed by atoms with E-state index in [0.717, 1.165) is 79.6 Å². The Kier molecular flexibility index (Phi) is 21.8. The number of anilines is 8. The number of hydrogen-bond donors (Lipinski definition) is 5. The van der Waals surface area contributed by atoms with Crippen LogP contribution in [0, 0.1) is 11.7 Å². The van der Waals surface area contributed by atoms with Crippen LogP contribution in [0.3, 0.4) is 0 Å². The van der Waals surface area contributed by atoms with Crippen LogP contribution in [0.25, 0.3) is 0 Å². The number of thiazole rings is 1. The summed E-state index contributed by atoms with van der Waals surface area (Å²) in [6.45, 7) is 6.60. The average Bonchev–Trinajstić information content (AvgIpc) is 0.948. The van der Waals surface area contributed by atoms with Crippen LogP contribution in [0.4, 0.5) is 53.7 Å². The van der Waals surface area contributed by atoms with Gasteiger partial charge in [0.1, 0.15) is 24.3 Å². The van der Waals surface area contributed by atoms with Crippen LogP contribution in [-0.4, -0.2) is 154 Å². The van der Waals surface area contributed by atoms with Crippen molar-refractivity contribution in [3.8, 4) is 0 Å². The molecular weight excluding hydrogens is 1330 g/mol. The van der Waals surface area contributed by atoms with Gasteiger partial charge in [-0.25, -0.2) is 54.4 Å². The van der Waals surface area contributed by atoms with Crippen LogP contribution < -0.4 is 39.1 Å². The Balaban J connectivity index is 0.000000233. The van der Waals surface area contributed by atoms with Crippen molar-refractivity contribution in [2.24, 2.45) is 5.92 Å². The summed E-state index contributed by atoms with van der Waals surface area (Å²) in [7, 11) is -11.1. The minimum absolute atomic E-state index is 0. The zero-order chi connectivity index (χ0) is 67.2. The van der Waals surface area contributed by atoms with Crippen LogP contribution in [0.5, 0.6) is 0 Å². The van der Waals surface area contributed by atoms with E-state index in [0.29, 0.717) is 68.7 Å². The number of para-hydroxylation sites is 1. The molecule has 4 amide bonds. The quantitative estimate of drug-likeness (QED) is 0.0601. The number of benzene rings is 6. The summed E-state index contributed by atoms with van der Waals surface area (Å²) in [6.07, 6.45) is 8.00. The summed E-state index contributed by atoms with van der Waals surface area (Å²) < 4.78 is 99.4. The first kappa shape index (κ1) is 67.7. The molecule has 5 N–H and O–H groups in total. The molecule has 1 atom stereocenters. The Morgan fingerprint density at radius 2 is 1.12 bits per heavy atom. The second-order valence-electron chi connectivity index (χ2n) is 22.5. The lowest BCUT2D eigenvalue weighted by molar-refractivity contribution is -0.140. The molecule has 0 saturated carbocycles. The fourth-order valence-corrected chi connectivity index (χ4v) is 15.8. The van der Waals surface area contributed by atoms with E-state index in [-0.39, 0.29) is 56.5 Å². The molecule has 6 aromatic carbocycles. The molecule has 4 aliphatic rings. The van der Waals surface area contributed by atoms with Gasteiger partial charge in [0.15, 0.2) is 11.2 Å². The molecule has 3 aromatic heterocycles. The van der Waals surface area contributed by atoms with Crippen molar-refractivity contribution in [2.75, 3.05) is 111 Å². The third-order valence-corrected chi connectivity index (χ3v) is 22.0. The molecule has 4 aliphatic heterocycles. The number of amides is 4. The number of carbonyl (C=O) groups is 3. The summed E-state index contributed by atoms with van der Waals surface area (Å²) in [4.78, 5) is 65.8. The Labute approximate surface area is 571 Å². The monoisotopic (exact) mass is 1410 g/mol. The van der Waals surface area contributed by atoms with E-state index < -0.39 is 42.0 Å². The van der Waals surface area contributed by atoms with Crippen LogP contribution in [-0.2, 0) is 46.1 Å².